The quantitative estimate of drug-likeness (QED) is 0.860. The Labute approximate surface area is 151 Å². The maximum Gasteiger partial charge on any atom is 0.262 e. The Balaban J connectivity index is 1.66. The highest BCUT2D eigenvalue weighted by atomic mass is 35.5. The van der Waals surface area contributed by atoms with Crippen LogP contribution in [0, 0.1) is 0 Å². The predicted octanol–water partition coefficient (Wildman–Crippen LogP) is 2.35. The molecule has 0 atom stereocenters. The minimum absolute atomic E-state index is 0.0232. The minimum Gasteiger partial charge on any atom is -0.327 e. The normalized spacial score (nSPS) is 15.9. The summed E-state index contributed by atoms with van der Waals surface area (Å²) in [5, 5.41) is 3.21. The lowest BCUT2D eigenvalue weighted by atomic mass is 10.2. The van der Waals surface area contributed by atoms with Gasteiger partial charge in [-0.3, -0.25) is 4.79 Å². The van der Waals surface area contributed by atoms with Crippen LogP contribution in [0.4, 0.5) is 5.69 Å². The highest BCUT2D eigenvalue weighted by molar-refractivity contribution is 7.89. The Kier molecular flexibility index (Phi) is 5.41. The van der Waals surface area contributed by atoms with E-state index in [0.717, 1.165) is 19.3 Å². The van der Waals surface area contributed by atoms with Crippen LogP contribution in [0.5, 0.6) is 0 Å². The first-order valence-electron chi connectivity index (χ1n) is 8.02. The van der Waals surface area contributed by atoms with Crippen LogP contribution in [0.1, 0.15) is 19.3 Å². The molecule has 3 rings (SSSR count). The number of nitrogens with zero attached hydrogens (tertiary/aromatic N) is 3. The Bertz CT molecular complexity index is 860. The maximum absolute atomic E-state index is 12.5. The largest absolute Gasteiger partial charge is 0.327 e. The van der Waals surface area contributed by atoms with Gasteiger partial charge in [0.05, 0.1) is 6.33 Å². The number of imidazole rings is 1. The van der Waals surface area contributed by atoms with Gasteiger partial charge in [0.25, 0.3) is 10.0 Å². The van der Waals surface area contributed by atoms with E-state index in [0.29, 0.717) is 23.8 Å². The molecule has 134 valence electrons. The average molecular weight is 383 g/mol. The third kappa shape index (κ3) is 4.39. The maximum atomic E-state index is 12.5. The summed E-state index contributed by atoms with van der Waals surface area (Å²) in [6, 6.07) is 6.81. The van der Waals surface area contributed by atoms with Crippen molar-refractivity contribution in [2.45, 2.75) is 30.8 Å². The van der Waals surface area contributed by atoms with Gasteiger partial charge in [-0.05, 0) is 31.0 Å². The van der Waals surface area contributed by atoms with Gasteiger partial charge in [-0.2, -0.15) is 4.31 Å². The molecule has 0 radical (unpaired) electrons. The molecule has 1 amide bonds. The number of benzene rings is 1. The zero-order valence-electron chi connectivity index (χ0n) is 13.6. The molecule has 1 saturated heterocycles. The summed E-state index contributed by atoms with van der Waals surface area (Å²) in [4.78, 5) is 16.1. The fourth-order valence-corrected chi connectivity index (χ4v) is 4.37. The van der Waals surface area contributed by atoms with Crippen molar-refractivity contribution >= 4 is 33.2 Å². The van der Waals surface area contributed by atoms with Crippen LogP contribution in [0.3, 0.4) is 0 Å². The SMILES string of the molecule is O=C(Cn1cnc(S(=O)(=O)N2CCCCC2)c1)Nc1cccc(Cl)c1. The number of halogens is 1. The summed E-state index contributed by atoms with van der Waals surface area (Å²) in [7, 11) is -3.59. The van der Waals surface area contributed by atoms with E-state index in [9.17, 15) is 13.2 Å². The molecule has 25 heavy (non-hydrogen) atoms. The summed E-state index contributed by atoms with van der Waals surface area (Å²) in [6.45, 7) is 1.00. The number of carbonyl (C=O) groups excluding carboxylic acids is 1. The third-order valence-electron chi connectivity index (χ3n) is 3.96. The van der Waals surface area contributed by atoms with Crippen molar-refractivity contribution in [3.8, 4) is 0 Å². The van der Waals surface area contributed by atoms with E-state index in [1.807, 2.05) is 0 Å². The summed E-state index contributed by atoms with van der Waals surface area (Å²) >= 11 is 5.88. The van der Waals surface area contributed by atoms with Crippen LogP contribution in [0.25, 0.3) is 0 Å². The van der Waals surface area contributed by atoms with Crippen LogP contribution in [-0.4, -0.2) is 41.3 Å². The first kappa shape index (κ1) is 17.9. The van der Waals surface area contributed by atoms with E-state index < -0.39 is 10.0 Å². The zero-order valence-corrected chi connectivity index (χ0v) is 15.1. The molecule has 1 N–H and O–H groups in total. The Morgan fingerprint density at radius 3 is 2.72 bits per heavy atom. The second-order valence-electron chi connectivity index (χ2n) is 5.91. The topological polar surface area (TPSA) is 84.3 Å². The molecular weight excluding hydrogens is 364 g/mol. The third-order valence-corrected chi connectivity index (χ3v) is 5.98. The van der Waals surface area contributed by atoms with Gasteiger partial charge in [-0.1, -0.05) is 24.1 Å². The number of sulfonamides is 1. The number of hydrogen-bond donors (Lipinski definition) is 1. The van der Waals surface area contributed by atoms with Crippen molar-refractivity contribution in [1.29, 1.82) is 0 Å². The van der Waals surface area contributed by atoms with Crippen molar-refractivity contribution in [3.63, 3.8) is 0 Å². The van der Waals surface area contributed by atoms with Gasteiger partial charge in [0, 0.05) is 30.0 Å². The summed E-state index contributed by atoms with van der Waals surface area (Å²) in [5.41, 5.74) is 0.582. The van der Waals surface area contributed by atoms with Gasteiger partial charge in [-0.15, -0.1) is 0 Å². The number of nitrogens with one attached hydrogen (secondary N) is 1. The minimum atomic E-state index is -3.59. The molecule has 1 aliphatic rings. The molecule has 1 fully saturated rings. The van der Waals surface area contributed by atoms with E-state index in [1.165, 1.54) is 21.4 Å². The number of hydrogen-bond acceptors (Lipinski definition) is 4. The number of rotatable bonds is 5. The van der Waals surface area contributed by atoms with Gasteiger partial charge >= 0.3 is 0 Å². The molecule has 2 aromatic rings. The van der Waals surface area contributed by atoms with Crippen molar-refractivity contribution in [2.24, 2.45) is 0 Å². The lowest BCUT2D eigenvalue weighted by molar-refractivity contribution is -0.116. The fourth-order valence-electron chi connectivity index (χ4n) is 2.73. The zero-order chi connectivity index (χ0) is 17.9. The Morgan fingerprint density at radius 1 is 1.24 bits per heavy atom. The molecule has 9 heteroatoms. The second kappa shape index (κ2) is 7.55. The van der Waals surface area contributed by atoms with Crippen LogP contribution < -0.4 is 5.32 Å². The molecule has 0 aliphatic carbocycles. The molecule has 0 unspecified atom stereocenters. The van der Waals surface area contributed by atoms with E-state index in [2.05, 4.69) is 10.3 Å². The van der Waals surface area contributed by atoms with Crippen molar-refractivity contribution in [1.82, 2.24) is 13.9 Å². The van der Waals surface area contributed by atoms with Crippen molar-refractivity contribution in [2.75, 3.05) is 18.4 Å². The molecule has 1 aromatic carbocycles. The number of carbonyl (C=O) groups is 1. The lowest BCUT2D eigenvalue weighted by Gasteiger charge is -2.24. The standard InChI is InChI=1S/C16H19ClN4O3S/c17-13-5-4-6-14(9-13)19-15(22)10-20-11-16(18-12-20)25(23,24)21-7-2-1-3-8-21/h4-6,9,11-12H,1-3,7-8,10H2,(H,19,22). The van der Waals surface area contributed by atoms with Crippen LogP contribution in [-0.2, 0) is 21.4 Å². The van der Waals surface area contributed by atoms with Crippen LogP contribution in [0.2, 0.25) is 5.02 Å². The summed E-state index contributed by atoms with van der Waals surface area (Å²) < 4.78 is 28.0. The van der Waals surface area contributed by atoms with E-state index >= 15 is 0 Å². The second-order valence-corrected chi connectivity index (χ2v) is 8.23. The number of piperidine rings is 1. The molecule has 0 spiro atoms. The molecule has 1 aliphatic heterocycles. The average Bonchev–Trinajstić information content (AvgIpc) is 3.05. The summed E-state index contributed by atoms with van der Waals surface area (Å²) in [5.74, 6) is -0.290. The van der Waals surface area contributed by atoms with E-state index in [4.69, 9.17) is 11.6 Å². The lowest BCUT2D eigenvalue weighted by Crippen LogP contribution is -2.35. The van der Waals surface area contributed by atoms with E-state index in [-0.39, 0.29) is 17.5 Å². The van der Waals surface area contributed by atoms with Gasteiger partial charge < -0.3 is 9.88 Å². The number of aromatic nitrogens is 2. The van der Waals surface area contributed by atoms with Crippen LogP contribution >= 0.6 is 11.6 Å². The molecule has 1 aromatic heterocycles. The smallest absolute Gasteiger partial charge is 0.262 e. The first-order chi connectivity index (χ1) is 11.9. The summed E-state index contributed by atoms with van der Waals surface area (Å²) in [6.07, 6.45) is 5.52. The molecule has 0 saturated carbocycles. The Hall–Kier alpha value is -1.90. The highest BCUT2D eigenvalue weighted by Crippen LogP contribution is 2.19. The van der Waals surface area contributed by atoms with Crippen molar-refractivity contribution in [3.05, 3.63) is 41.8 Å². The monoisotopic (exact) mass is 382 g/mol. The van der Waals surface area contributed by atoms with Gasteiger partial charge in [-0.25, -0.2) is 13.4 Å². The molecular formula is C16H19ClN4O3S. The molecule has 2 heterocycles. The fraction of sp³-hybridized carbons (Fsp3) is 0.375. The Morgan fingerprint density at radius 2 is 2.00 bits per heavy atom. The van der Waals surface area contributed by atoms with Crippen LogP contribution in [0.15, 0.2) is 41.8 Å². The van der Waals surface area contributed by atoms with Gasteiger partial charge in [0.15, 0.2) is 5.03 Å². The van der Waals surface area contributed by atoms with Gasteiger partial charge in [0.2, 0.25) is 5.91 Å². The molecule has 7 nitrogen and oxygen atoms in total. The number of anilines is 1. The highest BCUT2D eigenvalue weighted by Gasteiger charge is 2.28. The van der Waals surface area contributed by atoms with Gasteiger partial charge in [0.1, 0.15) is 6.54 Å². The first-order valence-corrected chi connectivity index (χ1v) is 9.84. The predicted molar refractivity (Wildman–Crippen MR) is 94.9 cm³/mol. The number of amides is 1. The van der Waals surface area contributed by atoms with Crippen molar-refractivity contribution < 1.29 is 13.2 Å². The van der Waals surface area contributed by atoms with E-state index in [1.54, 1.807) is 24.3 Å². The molecule has 0 bridgehead atoms.